The molecule has 18 nitrogen and oxygen atoms in total. The van der Waals surface area contributed by atoms with Gasteiger partial charge in [0.05, 0.1) is 11.1 Å². The van der Waals surface area contributed by atoms with Crippen LogP contribution in [0.1, 0.15) is 161 Å². The van der Waals surface area contributed by atoms with Crippen LogP contribution >= 0.6 is 0 Å². The third kappa shape index (κ3) is 31.7. The Hall–Kier alpha value is -7.76. The van der Waals surface area contributed by atoms with E-state index in [1.807, 2.05) is 60.7 Å². The second kappa shape index (κ2) is 39.7. The molecule has 18 heteroatoms. The van der Waals surface area contributed by atoms with Crippen LogP contribution in [0, 0.1) is 0 Å². The van der Waals surface area contributed by atoms with Gasteiger partial charge in [-0.1, -0.05) is 161 Å². The number of unbranched alkanes of at least 4 members (excludes halogenated alkanes) is 12. The Labute approximate surface area is 444 Å². The zero-order valence-electron chi connectivity index (χ0n) is 43.6. The van der Waals surface area contributed by atoms with Gasteiger partial charge in [0.25, 0.3) is 0 Å². The molecule has 412 valence electrons. The average molecular weight is 1060 g/mol. The maximum Gasteiger partial charge on any atom is 0.511 e. The van der Waals surface area contributed by atoms with Crippen molar-refractivity contribution in [3.8, 4) is 0 Å². The minimum absolute atomic E-state index is 0.0759. The summed E-state index contributed by atoms with van der Waals surface area (Å²) in [6, 6.07) is 35.4. The first-order valence-corrected chi connectivity index (χ1v) is 25.8. The van der Waals surface area contributed by atoms with Gasteiger partial charge in [-0.05, 0) is 61.1 Å². The van der Waals surface area contributed by atoms with Crippen molar-refractivity contribution in [3.05, 3.63) is 144 Å². The van der Waals surface area contributed by atoms with Gasteiger partial charge < -0.3 is 47.4 Å². The smallest absolute Gasteiger partial charge is 0.429 e. The Kier molecular flexibility index (Phi) is 32.6. The molecular formula is C58H72O18. The Morgan fingerprint density at radius 1 is 0.316 bits per heavy atom. The molecule has 2 unspecified atom stereocenters. The van der Waals surface area contributed by atoms with Crippen molar-refractivity contribution >= 4 is 48.1 Å². The van der Waals surface area contributed by atoms with Crippen molar-refractivity contribution in [2.45, 2.75) is 155 Å². The molecule has 0 bridgehead atoms. The van der Waals surface area contributed by atoms with Gasteiger partial charge in [0.15, 0.2) is 0 Å². The monoisotopic (exact) mass is 1060 g/mol. The van der Waals surface area contributed by atoms with E-state index in [9.17, 15) is 38.4 Å². The predicted molar refractivity (Wildman–Crippen MR) is 275 cm³/mol. The summed E-state index contributed by atoms with van der Waals surface area (Å²) in [6.45, 7) is 2.31. The fraction of sp³-hybridized carbons (Fsp3) is 0.448. The highest BCUT2D eigenvalue weighted by Gasteiger charge is 2.17. The molecule has 0 N–H and O–H groups in total. The maximum atomic E-state index is 11.9. The van der Waals surface area contributed by atoms with Gasteiger partial charge in [-0.2, -0.15) is 0 Å². The summed E-state index contributed by atoms with van der Waals surface area (Å²) in [5, 5.41) is 0. The number of rotatable bonds is 34. The third-order valence-electron chi connectivity index (χ3n) is 10.9. The molecule has 4 aromatic carbocycles. The van der Waals surface area contributed by atoms with Crippen LogP contribution < -0.4 is 0 Å². The second-order valence-corrected chi connectivity index (χ2v) is 17.2. The molecule has 0 aliphatic heterocycles. The minimum atomic E-state index is -1.03. The summed E-state index contributed by atoms with van der Waals surface area (Å²) < 4.78 is 49.7. The number of carbonyl (C=O) groups is 8. The lowest BCUT2D eigenvalue weighted by molar-refractivity contribution is -0.169. The summed E-state index contributed by atoms with van der Waals surface area (Å²) in [6.07, 6.45) is 9.30. The standard InChI is InChI=1S/C31H40O10.C27H32O8/c1-24(40-30(34)36-22-26-16-10-8-11-17-26)38-28(32)20-14-6-4-3-5-7-15-21-29(33)39-25(2)41-31(35)37-23-27-18-12-9-13-19-27;28-24(32-20-34-26(30)22-14-8-6-9-15-22)18-12-4-2-1-3-5-13-19-25(29)33-21-35-27(31)23-16-10-7-11-17-23/h8-13,16-19,24-25H,3-7,14-15,20-23H2,1-2H3;6-11,14-17H,1-5,12-13,18-21H2. The number of ether oxygens (including phenoxy) is 10. The van der Waals surface area contributed by atoms with Crippen LogP contribution in [0.3, 0.4) is 0 Å². The first kappa shape index (κ1) is 62.5. The van der Waals surface area contributed by atoms with Crippen molar-refractivity contribution in [1.29, 1.82) is 0 Å². The normalized spacial score (nSPS) is 11.2. The number of benzene rings is 4. The lowest BCUT2D eigenvalue weighted by Crippen LogP contribution is -2.22. The van der Waals surface area contributed by atoms with Crippen LogP contribution in [0.15, 0.2) is 121 Å². The first-order valence-electron chi connectivity index (χ1n) is 25.8. The Balaban J connectivity index is 0.000000405. The number of hydrogen-bond donors (Lipinski definition) is 0. The van der Waals surface area contributed by atoms with Crippen LogP contribution in [0.2, 0.25) is 0 Å². The number of carbonyl (C=O) groups excluding carboxylic acids is 8. The van der Waals surface area contributed by atoms with Crippen molar-refractivity contribution in [2.75, 3.05) is 13.6 Å². The summed E-state index contributed by atoms with van der Waals surface area (Å²) in [5.41, 5.74) is 2.47. The van der Waals surface area contributed by atoms with E-state index in [2.05, 4.69) is 0 Å². The summed E-state index contributed by atoms with van der Waals surface area (Å²) in [7, 11) is 0. The van der Waals surface area contributed by atoms with Crippen LogP contribution in [-0.4, -0.2) is 74.3 Å². The van der Waals surface area contributed by atoms with Gasteiger partial charge in [-0.25, -0.2) is 19.2 Å². The fourth-order valence-electron chi connectivity index (χ4n) is 6.91. The molecule has 0 amide bonds. The zero-order chi connectivity index (χ0) is 54.9. The number of esters is 6. The van der Waals surface area contributed by atoms with Crippen LogP contribution in [0.5, 0.6) is 0 Å². The molecule has 2 atom stereocenters. The van der Waals surface area contributed by atoms with Crippen molar-refractivity contribution < 1.29 is 85.7 Å². The van der Waals surface area contributed by atoms with Crippen molar-refractivity contribution in [3.63, 3.8) is 0 Å². The molecule has 0 radical (unpaired) electrons. The SMILES string of the molecule is CC(OC(=O)CCCCCCCCCC(=O)OC(C)OC(=O)OCc1ccccc1)OC(=O)OCc1ccccc1.O=C(CCCCCCCCCC(=O)OCOC(=O)c1ccccc1)OCOC(=O)c1ccccc1. The molecule has 0 heterocycles. The lowest BCUT2D eigenvalue weighted by atomic mass is 10.1. The average Bonchev–Trinajstić information content (AvgIpc) is 3.42. The second-order valence-electron chi connectivity index (χ2n) is 17.2. The molecular weight excluding hydrogens is 985 g/mol. The molecule has 0 fully saturated rings. The van der Waals surface area contributed by atoms with E-state index in [1.165, 1.54) is 13.8 Å². The van der Waals surface area contributed by atoms with Gasteiger partial charge in [-0.3, -0.25) is 19.2 Å². The topological polar surface area (TPSA) is 229 Å². The van der Waals surface area contributed by atoms with Gasteiger partial charge in [0, 0.05) is 39.5 Å². The van der Waals surface area contributed by atoms with Gasteiger partial charge in [0.1, 0.15) is 13.2 Å². The summed E-state index contributed by atoms with van der Waals surface area (Å²) >= 11 is 0. The fourth-order valence-corrected chi connectivity index (χ4v) is 6.91. The highest BCUT2D eigenvalue weighted by Crippen LogP contribution is 2.14. The highest BCUT2D eigenvalue weighted by atomic mass is 16.8. The van der Waals surface area contributed by atoms with Crippen LogP contribution in [0.4, 0.5) is 9.59 Å². The highest BCUT2D eigenvalue weighted by molar-refractivity contribution is 5.89. The molecule has 0 spiro atoms. The van der Waals surface area contributed by atoms with Crippen molar-refractivity contribution in [2.24, 2.45) is 0 Å². The van der Waals surface area contributed by atoms with Gasteiger partial charge >= 0.3 is 48.1 Å². The Bertz CT molecular complexity index is 2120. The van der Waals surface area contributed by atoms with E-state index in [0.29, 0.717) is 36.8 Å². The quantitative estimate of drug-likeness (QED) is 0.0183. The Morgan fingerprint density at radius 2 is 0.592 bits per heavy atom. The lowest BCUT2D eigenvalue weighted by Gasteiger charge is -2.14. The molecule has 4 aromatic rings. The van der Waals surface area contributed by atoms with Crippen molar-refractivity contribution in [1.82, 2.24) is 0 Å². The van der Waals surface area contributed by atoms with Crippen LogP contribution in [0.25, 0.3) is 0 Å². The van der Waals surface area contributed by atoms with Crippen LogP contribution in [-0.2, 0) is 79.8 Å². The Morgan fingerprint density at radius 3 is 0.908 bits per heavy atom. The minimum Gasteiger partial charge on any atom is -0.429 e. The molecule has 0 aromatic heterocycles. The molecule has 0 saturated heterocycles. The maximum absolute atomic E-state index is 11.9. The number of hydrogen-bond acceptors (Lipinski definition) is 18. The molecule has 4 rings (SSSR count). The third-order valence-corrected chi connectivity index (χ3v) is 10.9. The van der Waals surface area contributed by atoms with E-state index in [4.69, 9.17) is 47.4 Å². The summed E-state index contributed by atoms with van der Waals surface area (Å²) in [4.78, 5) is 94.2. The van der Waals surface area contributed by atoms with Gasteiger partial charge in [0.2, 0.25) is 26.2 Å². The molecule has 0 saturated carbocycles. The first-order chi connectivity index (χ1) is 36.9. The van der Waals surface area contributed by atoms with E-state index in [-0.39, 0.29) is 64.4 Å². The van der Waals surface area contributed by atoms with E-state index < -0.39 is 48.8 Å². The van der Waals surface area contributed by atoms with E-state index >= 15 is 0 Å². The van der Waals surface area contributed by atoms with Gasteiger partial charge in [-0.15, -0.1) is 0 Å². The zero-order valence-corrected chi connectivity index (χ0v) is 43.6. The molecule has 0 aliphatic carbocycles. The molecule has 76 heavy (non-hydrogen) atoms. The largest absolute Gasteiger partial charge is 0.511 e. The van der Waals surface area contributed by atoms with E-state index in [0.717, 1.165) is 75.3 Å². The predicted octanol–water partition coefficient (Wildman–Crippen LogP) is 12.2. The summed E-state index contributed by atoms with van der Waals surface area (Å²) in [5.74, 6) is -2.71. The van der Waals surface area contributed by atoms with E-state index in [1.54, 1.807) is 60.7 Å². The molecule has 0 aliphatic rings.